The van der Waals surface area contributed by atoms with Gasteiger partial charge in [-0.1, -0.05) is 33.8 Å². The Morgan fingerprint density at radius 3 is 2.57 bits per heavy atom. The second-order valence-electron chi connectivity index (χ2n) is 11.8. The minimum atomic E-state index is 0.00761. The number of carbonyl (C=O) groups excluding carboxylic acids is 2. The van der Waals surface area contributed by atoms with Crippen molar-refractivity contribution in [2.24, 2.45) is 40.4 Å². The number of ketones is 1. The van der Waals surface area contributed by atoms with E-state index in [0.29, 0.717) is 29.6 Å². The van der Waals surface area contributed by atoms with E-state index in [1.165, 1.54) is 32.1 Å². The van der Waals surface area contributed by atoms with E-state index in [0.717, 1.165) is 43.1 Å². The second-order valence-corrected chi connectivity index (χ2v) is 11.8. The van der Waals surface area contributed by atoms with Gasteiger partial charge < -0.3 is 4.74 Å². The zero-order valence-corrected chi connectivity index (χ0v) is 19.8. The maximum Gasteiger partial charge on any atom is 0.306 e. The first-order valence-corrected chi connectivity index (χ1v) is 12.6. The third-order valence-electron chi connectivity index (χ3n) is 9.80. The maximum absolute atomic E-state index is 12.3. The predicted molar refractivity (Wildman–Crippen MR) is 120 cm³/mol. The molecule has 0 spiro atoms. The summed E-state index contributed by atoms with van der Waals surface area (Å²) >= 11 is 0. The lowest BCUT2D eigenvalue weighted by Gasteiger charge is -2.60. The number of ether oxygens (including phenoxy) is 1. The number of allylic oxidation sites excluding steroid dienone is 2. The van der Waals surface area contributed by atoms with E-state index >= 15 is 0 Å². The molecule has 3 nitrogen and oxygen atoms in total. The molecule has 7 atom stereocenters. The molecule has 0 saturated heterocycles. The molecule has 3 fully saturated rings. The summed E-state index contributed by atoms with van der Waals surface area (Å²) in [6, 6.07) is 0. The van der Waals surface area contributed by atoms with Crippen LogP contribution in [0.4, 0.5) is 0 Å². The lowest BCUT2D eigenvalue weighted by atomic mass is 9.44. The molecule has 0 aromatic rings. The van der Waals surface area contributed by atoms with Gasteiger partial charge in [-0.2, -0.15) is 0 Å². The topological polar surface area (TPSA) is 43.4 Å². The van der Waals surface area contributed by atoms with E-state index in [2.05, 4.69) is 33.8 Å². The van der Waals surface area contributed by atoms with Crippen LogP contribution in [-0.4, -0.2) is 17.9 Å². The molecule has 0 aliphatic heterocycles. The Kier molecular flexibility index (Phi) is 5.96. The molecule has 0 bridgehead atoms. The lowest BCUT2D eigenvalue weighted by molar-refractivity contribution is -0.161. The van der Waals surface area contributed by atoms with E-state index in [4.69, 9.17) is 4.74 Å². The van der Waals surface area contributed by atoms with Crippen molar-refractivity contribution < 1.29 is 14.3 Å². The molecule has 168 valence electrons. The maximum atomic E-state index is 12.3. The first-order valence-electron chi connectivity index (χ1n) is 12.6. The average molecular weight is 415 g/mol. The summed E-state index contributed by atoms with van der Waals surface area (Å²) in [5.74, 6) is 3.70. The predicted octanol–water partition coefficient (Wildman–Crippen LogP) is 6.50. The van der Waals surface area contributed by atoms with Crippen LogP contribution in [0.5, 0.6) is 0 Å². The highest BCUT2D eigenvalue weighted by Crippen LogP contribution is 2.66. The number of rotatable bonds is 5. The van der Waals surface area contributed by atoms with E-state index in [-0.39, 0.29) is 23.3 Å². The van der Waals surface area contributed by atoms with Crippen LogP contribution < -0.4 is 0 Å². The fourth-order valence-electron chi connectivity index (χ4n) is 8.09. The summed E-state index contributed by atoms with van der Waals surface area (Å²) in [4.78, 5) is 24.5. The molecule has 0 aromatic carbocycles. The zero-order valence-electron chi connectivity index (χ0n) is 19.8. The van der Waals surface area contributed by atoms with Gasteiger partial charge >= 0.3 is 5.97 Å². The molecule has 0 radical (unpaired) electrons. The van der Waals surface area contributed by atoms with Crippen LogP contribution in [0.25, 0.3) is 0 Å². The van der Waals surface area contributed by atoms with Crippen LogP contribution >= 0.6 is 0 Å². The lowest BCUT2D eigenvalue weighted by Crippen LogP contribution is -2.54. The quantitative estimate of drug-likeness (QED) is 0.482. The molecule has 4 aliphatic rings. The average Bonchev–Trinajstić information content (AvgIpc) is 3.04. The third kappa shape index (κ3) is 3.69. The van der Waals surface area contributed by atoms with E-state index in [1.54, 1.807) is 6.92 Å². The van der Waals surface area contributed by atoms with Gasteiger partial charge in [-0.25, -0.2) is 0 Å². The van der Waals surface area contributed by atoms with E-state index in [9.17, 15) is 9.59 Å². The fourth-order valence-corrected chi connectivity index (χ4v) is 8.09. The Morgan fingerprint density at radius 1 is 1.10 bits per heavy atom. The van der Waals surface area contributed by atoms with Crippen LogP contribution in [0, 0.1) is 40.4 Å². The summed E-state index contributed by atoms with van der Waals surface area (Å²) in [7, 11) is 0. The van der Waals surface area contributed by atoms with Gasteiger partial charge in [0.05, 0.1) is 0 Å². The first kappa shape index (κ1) is 22.1. The van der Waals surface area contributed by atoms with Crippen LogP contribution in [0.3, 0.4) is 0 Å². The summed E-state index contributed by atoms with van der Waals surface area (Å²) in [6.07, 6.45) is 13.3. The van der Waals surface area contributed by atoms with Gasteiger partial charge in [0, 0.05) is 6.42 Å². The third-order valence-corrected chi connectivity index (χ3v) is 9.80. The van der Waals surface area contributed by atoms with Crippen LogP contribution in [0.15, 0.2) is 11.6 Å². The highest BCUT2D eigenvalue weighted by molar-refractivity contribution is 5.95. The number of esters is 1. The second kappa shape index (κ2) is 8.10. The first-order chi connectivity index (χ1) is 14.1. The molecule has 4 rings (SSSR count). The summed E-state index contributed by atoms with van der Waals surface area (Å²) in [6.45, 7) is 11.0. The van der Waals surface area contributed by atoms with Gasteiger partial charge in [-0.15, -0.1) is 0 Å². The summed E-state index contributed by atoms with van der Waals surface area (Å²) in [5, 5.41) is 0. The van der Waals surface area contributed by atoms with Crippen molar-refractivity contribution >= 4 is 11.8 Å². The summed E-state index contributed by atoms with van der Waals surface area (Å²) < 4.78 is 5.91. The Morgan fingerprint density at radius 2 is 1.87 bits per heavy atom. The molecule has 0 N–H and O–H groups in total. The van der Waals surface area contributed by atoms with Crippen LogP contribution in [0.1, 0.15) is 98.8 Å². The smallest absolute Gasteiger partial charge is 0.306 e. The minimum absolute atomic E-state index is 0.00761. The Bertz CT molecular complexity index is 722. The van der Waals surface area contributed by atoms with Gasteiger partial charge in [-0.3, -0.25) is 9.59 Å². The van der Waals surface area contributed by atoms with Crippen molar-refractivity contribution in [2.45, 2.75) is 105 Å². The van der Waals surface area contributed by atoms with Gasteiger partial charge in [-0.05, 0) is 111 Å². The van der Waals surface area contributed by atoms with Crippen molar-refractivity contribution in [1.29, 1.82) is 0 Å². The highest BCUT2D eigenvalue weighted by Gasteiger charge is 2.59. The van der Waals surface area contributed by atoms with Gasteiger partial charge in [0.25, 0.3) is 0 Å². The number of carbonyl (C=O) groups is 2. The van der Waals surface area contributed by atoms with Crippen LogP contribution in [0.2, 0.25) is 0 Å². The van der Waals surface area contributed by atoms with Crippen molar-refractivity contribution in [1.82, 2.24) is 0 Å². The molecular weight excluding hydrogens is 372 g/mol. The molecule has 0 unspecified atom stereocenters. The Hall–Kier alpha value is -1.12. The molecule has 30 heavy (non-hydrogen) atoms. The Labute approximate surface area is 183 Å². The molecule has 4 aliphatic carbocycles. The van der Waals surface area contributed by atoms with Gasteiger partial charge in [0.1, 0.15) is 6.10 Å². The van der Waals surface area contributed by atoms with E-state index in [1.807, 2.05) is 0 Å². The van der Waals surface area contributed by atoms with Crippen molar-refractivity contribution in [3.05, 3.63) is 11.6 Å². The standard InChI is InChI=1S/C27H42O3/c1-17(2)6-11-25(29)30-20-12-14-26(4)19(16-20)7-8-21-23-10-9-22(18(3)28)27(23,5)15-13-24(21)26/h9,17,19-21,23-24H,6-8,10-16H2,1-5H3/t19-,20+,21-,23-,24+,26-,27+/m0/s1. The molecule has 3 heteroatoms. The SMILES string of the molecule is CC(=O)C1=CC[C@H]2[C@@H]3CC[C@H]4C[C@H](OC(=O)CCC(C)C)CC[C@]4(C)[C@@H]3CC[C@]12C. The number of hydrogen-bond acceptors (Lipinski definition) is 3. The number of fused-ring (bicyclic) bond motifs is 5. The minimum Gasteiger partial charge on any atom is -0.462 e. The fraction of sp³-hybridized carbons (Fsp3) is 0.852. The van der Waals surface area contributed by atoms with Crippen molar-refractivity contribution in [2.75, 3.05) is 0 Å². The molecule has 0 aromatic heterocycles. The molecule has 0 amide bonds. The highest BCUT2D eigenvalue weighted by atomic mass is 16.5. The number of hydrogen-bond donors (Lipinski definition) is 0. The molecule has 0 heterocycles. The summed E-state index contributed by atoms with van der Waals surface area (Å²) in [5.41, 5.74) is 1.61. The largest absolute Gasteiger partial charge is 0.462 e. The van der Waals surface area contributed by atoms with Crippen molar-refractivity contribution in [3.63, 3.8) is 0 Å². The van der Waals surface area contributed by atoms with Gasteiger partial charge in [0.2, 0.25) is 0 Å². The number of Topliss-reactive ketones (excluding diaryl/α,β-unsaturated/α-hetero) is 1. The molecular formula is C27H42O3. The van der Waals surface area contributed by atoms with Gasteiger partial charge in [0.15, 0.2) is 5.78 Å². The normalized spacial score (nSPS) is 42.7. The Balaban J connectivity index is 1.42. The zero-order chi connectivity index (χ0) is 21.7. The monoisotopic (exact) mass is 414 g/mol. The van der Waals surface area contributed by atoms with Crippen molar-refractivity contribution in [3.8, 4) is 0 Å². The molecule has 3 saturated carbocycles. The van der Waals surface area contributed by atoms with Crippen LogP contribution in [-0.2, 0) is 14.3 Å². The van der Waals surface area contributed by atoms with E-state index < -0.39 is 0 Å².